The third-order valence-electron chi connectivity index (χ3n) is 2.82. The molecule has 0 saturated carbocycles. The molecular weight excluding hydrogens is 262 g/mol. The van der Waals surface area contributed by atoms with Gasteiger partial charge in [0.05, 0.1) is 11.7 Å². The van der Waals surface area contributed by atoms with Crippen LogP contribution in [0.5, 0.6) is 0 Å². The molecule has 1 amide bonds. The van der Waals surface area contributed by atoms with Crippen LogP contribution >= 0.6 is 11.7 Å². The minimum absolute atomic E-state index is 0.0889. The minimum atomic E-state index is -0.0889. The lowest BCUT2D eigenvalue weighted by Crippen LogP contribution is -2.26. The molecule has 0 bridgehead atoms. The molecule has 2 heterocycles. The van der Waals surface area contributed by atoms with Crippen molar-refractivity contribution in [3.63, 3.8) is 0 Å². The summed E-state index contributed by atoms with van der Waals surface area (Å²) in [5.74, 6) is -0.0889. The Balaban J connectivity index is 1.78. The number of carbonyl (C=O) groups is 1. The summed E-state index contributed by atoms with van der Waals surface area (Å²) in [4.78, 5) is 13.7. The third kappa shape index (κ3) is 2.32. The molecule has 2 aromatic heterocycles. The SMILES string of the molecule is CN(Cc1ccc2nsnc2c1)C(=O)c1ccn[nH]1. The van der Waals surface area contributed by atoms with Gasteiger partial charge in [0.2, 0.25) is 0 Å². The van der Waals surface area contributed by atoms with E-state index in [1.165, 1.54) is 11.7 Å². The van der Waals surface area contributed by atoms with E-state index in [1.54, 1.807) is 24.2 Å². The maximum absolute atomic E-state index is 12.1. The molecule has 19 heavy (non-hydrogen) atoms. The fourth-order valence-electron chi connectivity index (χ4n) is 1.85. The van der Waals surface area contributed by atoms with Crippen LogP contribution in [-0.4, -0.2) is 36.8 Å². The van der Waals surface area contributed by atoms with Crippen LogP contribution in [0, 0.1) is 0 Å². The number of fused-ring (bicyclic) bond motifs is 1. The van der Waals surface area contributed by atoms with Crippen LogP contribution in [0.3, 0.4) is 0 Å². The highest BCUT2D eigenvalue weighted by Gasteiger charge is 2.13. The Bertz CT molecular complexity index is 706. The number of hydrogen-bond donors (Lipinski definition) is 1. The van der Waals surface area contributed by atoms with E-state index in [2.05, 4.69) is 18.9 Å². The van der Waals surface area contributed by atoms with Gasteiger partial charge in [0, 0.05) is 19.8 Å². The first-order chi connectivity index (χ1) is 9.24. The molecule has 7 heteroatoms. The number of nitrogens with zero attached hydrogens (tertiary/aromatic N) is 4. The van der Waals surface area contributed by atoms with Gasteiger partial charge in [0.15, 0.2) is 0 Å². The first kappa shape index (κ1) is 11.8. The average molecular weight is 273 g/mol. The van der Waals surface area contributed by atoms with Crippen LogP contribution in [0.15, 0.2) is 30.5 Å². The molecule has 0 aliphatic rings. The summed E-state index contributed by atoms with van der Waals surface area (Å²) in [5, 5.41) is 6.44. The Kier molecular flexibility index (Phi) is 2.96. The normalized spacial score (nSPS) is 10.8. The van der Waals surface area contributed by atoms with Crippen LogP contribution in [0.2, 0.25) is 0 Å². The monoisotopic (exact) mass is 273 g/mol. The highest BCUT2D eigenvalue weighted by molar-refractivity contribution is 7.00. The zero-order valence-electron chi connectivity index (χ0n) is 10.2. The molecular formula is C12H11N5OS. The maximum Gasteiger partial charge on any atom is 0.271 e. The van der Waals surface area contributed by atoms with Crippen molar-refractivity contribution < 1.29 is 4.79 Å². The van der Waals surface area contributed by atoms with Crippen molar-refractivity contribution in [3.8, 4) is 0 Å². The smallest absolute Gasteiger partial charge is 0.271 e. The van der Waals surface area contributed by atoms with Crippen molar-refractivity contribution in [1.29, 1.82) is 0 Å². The van der Waals surface area contributed by atoms with E-state index in [0.717, 1.165) is 16.6 Å². The van der Waals surface area contributed by atoms with Crippen molar-refractivity contribution in [3.05, 3.63) is 41.7 Å². The minimum Gasteiger partial charge on any atom is -0.336 e. The number of nitrogens with one attached hydrogen (secondary N) is 1. The van der Waals surface area contributed by atoms with Crippen molar-refractivity contribution in [2.24, 2.45) is 0 Å². The van der Waals surface area contributed by atoms with Gasteiger partial charge in [-0.3, -0.25) is 9.89 Å². The van der Waals surface area contributed by atoms with E-state index in [-0.39, 0.29) is 5.91 Å². The molecule has 0 atom stereocenters. The average Bonchev–Trinajstić information content (AvgIpc) is 3.08. The fourth-order valence-corrected chi connectivity index (χ4v) is 2.37. The molecule has 0 spiro atoms. The Morgan fingerprint density at radius 1 is 1.32 bits per heavy atom. The lowest BCUT2D eigenvalue weighted by Gasteiger charge is -2.16. The predicted molar refractivity (Wildman–Crippen MR) is 71.8 cm³/mol. The second kappa shape index (κ2) is 4.77. The molecule has 0 unspecified atom stereocenters. The summed E-state index contributed by atoms with van der Waals surface area (Å²) in [6.45, 7) is 0.519. The fraction of sp³-hybridized carbons (Fsp3) is 0.167. The summed E-state index contributed by atoms with van der Waals surface area (Å²) < 4.78 is 8.34. The standard InChI is InChI=1S/C12H11N5OS/c1-17(12(18)10-4-5-13-14-10)7-8-2-3-9-11(6-8)16-19-15-9/h2-6H,7H2,1H3,(H,13,14). The lowest BCUT2D eigenvalue weighted by atomic mass is 10.2. The maximum atomic E-state index is 12.1. The Hall–Kier alpha value is -2.28. The van der Waals surface area contributed by atoms with Gasteiger partial charge in [-0.25, -0.2) is 0 Å². The van der Waals surface area contributed by atoms with Gasteiger partial charge in [-0.1, -0.05) is 6.07 Å². The molecule has 96 valence electrons. The summed E-state index contributed by atoms with van der Waals surface area (Å²) in [7, 11) is 1.76. The van der Waals surface area contributed by atoms with Gasteiger partial charge in [-0.15, -0.1) is 0 Å². The lowest BCUT2D eigenvalue weighted by molar-refractivity contribution is 0.0779. The first-order valence-electron chi connectivity index (χ1n) is 5.70. The summed E-state index contributed by atoms with van der Waals surface area (Å²) in [5.41, 5.74) is 3.26. The summed E-state index contributed by atoms with van der Waals surface area (Å²) in [6.07, 6.45) is 1.56. The largest absolute Gasteiger partial charge is 0.336 e. The van der Waals surface area contributed by atoms with Gasteiger partial charge in [0.1, 0.15) is 16.7 Å². The molecule has 0 saturated heterocycles. The second-order valence-corrected chi connectivity index (χ2v) is 4.75. The van der Waals surface area contributed by atoms with Crippen molar-refractivity contribution in [2.45, 2.75) is 6.54 Å². The molecule has 1 N–H and O–H groups in total. The summed E-state index contributed by atoms with van der Waals surface area (Å²) in [6, 6.07) is 7.49. The van der Waals surface area contributed by atoms with Gasteiger partial charge < -0.3 is 4.90 Å². The van der Waals surface area contributed by atoms with Crippen LogP contribution in [0.4, 0.5) is 0 Å². The number of carbonyl (C=O) groups excluding carboxylic acids is 1. The van der Waals surface area contributed by atoms with E-state index in [4.69, 9.17) is 0 Å². The molecule has 1 aromatic carbocycles. The molecule has 0 aliphatic heterocycles. The number of hydrogen-bond acceptors (Lipinski definition) is 5. The topological polar surface area (TPSA) is 74.8 Å². The quantitative estimate of drug-likeness (QED) is 0.788. The molecule has 3 aromatic rings. The second-order valence-electron chi connectivity index (χ2n) is 4.22. The molecule has 0 fully saturated rings. The first-order valence-corrected chi connectivity index (χ1v) is 6.43. The van der Waals surface area contributed by atoms with E-state index in [1.807, 2.05) is 18.2 Å². The van der Waals surface area contributed by atoms with E-state index in [9.17, 15) is 4.79 Å². The predicted octanol–water partition coefficient (Wildman–Crippen LogP) is 1.69. The number of aromatic amines is 1. The number of rotatable bonds is 3. The zero-order chi connectivity index (χ0) is 13.2. The molecule has 0 radical (unpaired) electrons. The highest BCUT2D eigenvalue weighted by atomic mass is 32.1. The summed E-state index contributed by atoms with van der Waals surface area (Å²) >= 11 is 1.19. The van der Waals surface area contributed by atoms with E-state index < -0.39 is 0 Å². The molecule has 6 nitrogen and oxygen atoms in total. The van der Waals surface area contributed by atoms with Crippen LogP contribution in [-0.2, 0) is 6.54 Å². The van der Waals surface area contributed by atoms with E-state index in [0.29, 0.717) is 12.2 Å². The van der Waals surface area contributed by atoms with Crippen LogP contribution in [0.25, 0.3) is 11.0 Å². The van der Waals surface area contributed by atoms with Crippen LogP contribution < -0.4 is 0 Å². The van der Waals surface area contributed by atoms with Crippen molar-refractivity contribution >= 4 is 28.7 Å². The number of benzene rings is 1. The molecule has 3 rings (SSSR count). The number of amides is 1. The van der Waals surface area contributed by atoms with Gasteiger partial charge in [-0.05, 0) is 23.8 Å². The Labute approximate surface area is 113 Å². The van der Waals surface area contributed by atoms with Crippen molar-refractivity contribution in [1.82, 2.24) is 23.8 Å². The Morgan fingerprint density at radius 3 is 2.95 bits per heavy atom. The van der Waals surface area contributed by atoms with Gasteiger partial charge >= 0.3 is 0 Å². The Morgan fingerprint density at radius 2 is 2.16 bits per heavy atom. The third-order valence-corrected chi connectivity index (χ3v) is 3.37. The van der Waals surface area contributed by atoms with E-state index >= 15 is 0 Å². The van der Waals surface area contributed by atoms with Crippen LogP contribution in [0.1, 0.15) is 16.1 Å². The van der Waals surface area contributed by atoms with Gasteiger partial charge in [0.25, 0.3) is 5.91 Å². The zero-order valence-corrected chi connectivity index (χ0v) is 11.0. The van der Waals surface area contributed by atoms with Crippen molar-refractivity contribution in [2.75, 3.05) is 7.05 Å². The molecule has 0 aliphatic carbocycles. The number of aromatic nitrogens is 4. The highest BCUT2D eigenvalue weighted by Crippen LogP contribution is 2.15. The number of H-pyrrole nitrogens is 1. The van der Waals surface area contributed by atoms with Gasteiger partial charge in [-0.2, -0.15) is 13.8 Å².